The van der Waals surface area contributed by atoms with Crippen molar-refractivity contribution in [2.75, 3.05) is 6.61 Å². The van der Waals surface area contributed by atoms with Gasteiger partial charge in [-0.15, -0.1) is 0 Å². The lowest BCUT2D eigenvalue weighted by atomic mass is 10.2. The molecule has 15 heavy (non-hydrogen) atoms. The molecule has 1 amide bonds. The van der Waals surface area contributed by atoms with Crippen molar-refractivity contribution in [3.8, 4) is 0 Å². The average molecular weight is 212 g/mol. The number of aliphatic hydroxyl groups is 1. The van der Waals surface area contributed by atoms with Gasteiger partial charge in [0.15, 0.2) is 0 Å². The van der Waals surface area contributed by atoms with E-state index < -0.39 is 18.6 Å². The number of carbonyl (C=O) groups excluding carboxylic acids is 1. The number of aliphatic hydroxyl groups excluding tert-OH is 1. The van der Waals surface area contributed by atoms with Crippen molar-refractivity contribution >= 4 is 5.91 Å². The molecule has 0 saturated carbocycles. The topological polar surface area (TPSA) is 75.3 Å². The SMILES string of the molecule is NC(CO)C(=O)NCc1ccccc1F. The Morgan fingerprint density at radius 3 is 2.80 bits per heavy atom. The van der Waals surface area contributed by atoms with Crippen molar-refractivity contribution in [2.24, 2.45) is 5.73 Å². The molecule has 0 aliphatic carbocycles. The highest BCUT2D eigenvalue weighted by atomic mass is 19.1. The Morgan fingerprint density at radius 2 is 2.20 bits per heavy atom. The van der Waals surface area contributed by atoms with Crippen LogP contribution >= 0.6 is 0 Å². The first-order valence-corrected chi connectivity index (χ1v) is 4.52. The molecular weight excluding hydrogens is 199 g/mol. The lowest BCUT2D eigenvalue weighted by molar-refractivity contribution is -0.123. The summed E-state index contributed by atoms with van der Waals surface area (Å²) in [6.45, 7) is -0.359. The zero-order valence-corrected chi connectivity index (χ0v) is 8.11. The zero-order valence-electron chi connectivity index (χ0n) is 8.11. The van der Waals surface area contributed by atoms with E-state index in [0.29, 0.717) is 5.56 Å². The third kappa shape index (κ3) is 3.30. The molecule has 0 fully saturated rings. The van der Waals surface area contributed by atoms with Crippen LogP contribution in [0.1, 0.15) is 5.56 Å². The van der Waals surface area contributed by atoms with Crippen molar-refractivity contribution in [3.05, 3.63) is 35.6 Å². The molecule has 0 saturated heterocycles. The second kappa shape index (κ2) is 5.43. The van der Waals surface area contributed by atoms with Crippen LogP contribution < -0.4 is 11.1 Å². The summed E-state index contributed by atoms with van der Waals surface area (Å²) in [7, 11) is 0. The van der Waals surface area contributed by atoms with E-state index >= 15 is 0 Å². The highest BCUT2D eigenvalue weighted by Crippen LogP contribution is 2.05. The maximum Gasteiger partial charge on any atom is 0.239 e. The molecule has 0 radical (unpaired) electrons. The van der Waals surface area contributed by atoms with Gasteiger partial charge < -0.3 is 16.2 Å². The monoisotopic (exact) mass is 212 g/mol. The molecule has 1 aromatic rings. The van der Waals surface area contributed by atoms with Crippen LogP contribution in [0.3, 0.4) is 0 Å². The van der Waals surface area contributed by atoms with Gasteiger partial charge in [-0.3, -0.25) is 4.79 Å². The Balaban J connectivity index is 2.51. The van der Waals surface area contributed by atoms with Crippen LogP contribution in [-0.4, -0.2) is 23.7 Å². The minimum Gasteiger partial charge on any atom is -0.394 e. The van der Waals surface area contributed by atoms with E-state index in [1.807, 2.05) is 0 Å². The number of carbonyl (C=O) groups is 1. The number of amides is 1. The fourth-order valence-corrected chi connectivity index (χ4v) is 1.04. The van der Waals surface area contributed by atoms with Gasteiger partial charge in [-0.2, -0.15) is 0 Å². The Bertz CT molecular complexity index is 344. The van der Waals surface area contributed by atoms with Crippen LogP contribution in [0.25, 0.3) is 0 Å². The minimum absolute atomic E-state index is 0.0687. The smallest absolute Gasteiger partial charge is 0.239 e. The fourth-order valence-electron chi connectivity index (χ4n) is 1.04. The van der Waals surface area contributed by atoms with Crippen molar-refractivity contribution in [1.82, 2.24) is 5.32 Å². The Labute approximate surface area is 86.9 Å². The summed E-state index contributed by atoms with van der Waals surface area (Å²) in [5, 5.41) is 11.0. The van der Waals surface area contributed by atoms with Gasteiger partial charge in [0.05, 0.1) is 6.61 Å². The molecule has 1 aromatic carbocycles. The first kappa shape index (κ1) is 11.6. The largest absolute Gasteiger partial charge is 0.394 e. The second-order valence-electron chi connectivity index (χ2n) is 3.10. The van der Waals surface area contributed by atoms with Gasteiger partial charge in [0.25, 0.3) is 0 Å². The van der Waals surface area contributed by atoms with Crippen molar-refractivity contribution in [3.63, 3.8) is 0 Å². The van der Waals surface area contributed by atoms with E-state index in [1.54, 1.807) is 18.2 Å². The maximum absolute atomic E-state index is 13.1. The number of nitrogens with one attached hydrogen (secondary N) is 1. The van der Waals surface area contributed by atoms with Gasteiger partial charge >= 0.3 is 0 Å². The summed E-state index contributed by atoms with van der Waals surface area (Å²) in [6.07, 6.45) is 0. The Kier molecular flexibility index (Phi) is 4.20. The van der Waals surface area contributed by atoms with Crippen molar-refractivity contribution in [2.45, 2.75) is 12.6 Å². The number of benzene rings is 1. The summed E-state index contributed by atoms with van der Waals surface area (Å²) in [4.78, 5) is 11.1. The molecule has 4 nitrogen and oxygen atoms in total. The molecule has 0 heterocycles. The van der Waals surface area contributed by atoms with Gasteiger partial charge in [-0.1, -0.05) is 18.2 Å². The third-order valence-electron chi connectivity index (χ3n) is 1.94. The fraction of sp³-hybridized carbons (Fsp3) is 0.300. The van der Waals surface area contributed by atoms with E-state index in [2.05, 4.69) is 5.32 Å². The molecular formula is C10H13FN2O2. The highest BCUT2D eigenvalue weighted by molar-refractivity contribution is 5.81. The first-order chi connectivity index (χ1) is 7.15. The molecule has 1 unspecified atom stereocenters. The second-order valence-corrected chi connectivity index (χ2v) is 3.10. The number of hydrogen-bond acceptors (Lipinski definition) is 3. The van der Waals surface area contributed by atoms with E-state index in [4.69, 9.17) is 10.8 Å². The average Bonchev–Trinajstić information content (AvgIpc) is 2.26. The van der Waals surface area contributed by atoms with Crippen molar-refractivity contribution in [1.29, 1.82) is 0 Å². The zero-order chi connectivity index (χ0) is 11.3. The van der Waals surface area contributed by atoms with Gasteiger partial charge in [0, 0.05) is 12.1 Å². The molecule has 1 rings (SSSR count). The lowest BCUT2D eigenvalue weighted by Gasteiger charge is -2.09. The van der Waals surface area contributed by atoms with E-state index in [9.17, 15) is 9.18 Å². The Hall–Kier alpha value is -1.46. The molecule has 1 atom stereocenters. The number of nitrogens with two attached hydrogens (primary N) is 1. The van der Waals surface area contributed by atoms with Crippen LogP contribution in [0.4, 0.5) is 4.39 Å². The van der Waals surface area contributed by atoms with Crippen LogP contribution in [0, 0.1) is 5.82 Å². The van der Waals surface area contributed by atoms with E-state index in [-0.39, 0.29) is 12.4 Å². The first-order valence-electron chi connectivity index (χ1n) is 4.52. The molecule has 0 spiro atoms. The molecule has 0 aliphatic heterocycles. The predicted molar refractivity (Wildman–Crippen MR) is 53.3 cm³/mol. The van der Waals surface area contributed by atoms with Gasteiger partial charge in [0.1, 0.15) is 11.9 Å². The standard InChI is InChI=1S/C10H13FN2O2/c11-8-4-2-1-3-7(8)5-13-10(15)9(12)6-14/h1-4,9,14H,5-6,12H2,(H,13,15). The maximum atomic E-state index is 13.1. The summed E-state index contributed by atoms with van der Waals surface area (Å²) < 4.78 is 13.1. The predicted octanol–water partition coefficient (Wildman–Crippen LogP) is -0.238. The summed E-state index contributed by atoms with van der Waals surface area (Å²) in [6, 6.07) is 5.17. The molecule has 0 bridgehead atoms. The van der Waals surface area contributed by atoms with Crippen LogP contribution in [0.15, 0.2) is 24.3 Å². The highest BCUT2D eigenvalue weighted by Gasteiger charge is 2.11. The molecule has 0 aromatic heterocycles. The molecule has 82 valence electrons. The molecule has 0 aliphatic rings. The van der Waals surface area contributed by atoms with Gasteiger partial charge in [-0.25, -0.2) is 4.39 Å². The molecule has 5 heteroatoms. The van der Waals surface area contributed by atoms with Crippen LogP contribution in [0.2, 0.25) is 0 Å². The summed E-state index contributed by atoms with van der Waals surface area (Å²) >= 11 is 0. The van der Waals surface area contributed by atoms with Crippen LogP contribution in [0.5, 0.6) is 0 Å². The third-order valence-corrected chi connectivity index (χ3v) is 1.94. The van der Waals surface area contributed by atoms with E-state index in [0.717, 1.165) is 0 Å². The normalized spacial score (nSPS) is 12.2. The quantitative estimate of drug-likeness (QED) is 0.645. The summed E-state index contributed by atoms with van der Waals surface area (Å²) in [5.41, 5.74) is 5.65. The lowest BCUT2D eigenvalue weighted by Crippen LogP contribution is -2.42. The minimum atomic E-state index is -0.961. The number of rotatable bonds is 4. The number of hydrogen-bond donors (Lipinski definition) is 3. The molecule has 4 N–H and O–H groups in total. The Morgan fingerprint density at radius 1 is 1.53 bits per heavy atom. The number of halogens is 1. The van der Waals surface area contributed by atoms with Crippen LogP contribution in [-0.2, 0) is 11.3 Å². The summed E-state index contributed by atoms with van der Waals surface area (Å²) in [5.74, 6) is -0.879. The van der Waals surface area contributed by atoms with E-state index in [1.165, 1.54) is 6.07 Å². The van der Waals surface area contributed by atoms with Gasteiger partial charge in [-0.05, 0) is 6.07 Å². The van der Waals surface area contributed by atoms with Gasteiger partial charge in [0.2, 0.25) is 5.91 Å². The van der Waals surface area contributed by atoms with Crippen molar-refractivity contribution < 1.29 is 14.3 Å².